The van der Waals surface area contributed by atoms with E-state index in [2.05, 4.69) is 10.3 Å². The first-order chi connectivity index (χ1) is 13.0. The maximum absolute atomic E-state index is 13.8. The molecule has 1 fully saturated rings. The summed E-state index contributed by atoms with van der Waals surface area (Å²) in [5.41, 5.74) is 1.98. The van der Waals surface area contributed by atoms with E-state index in [-0.39, 0.29) is 17.9 Å². The summed E-state index contributed by atoms with van der Waals surface area (Å²) >= 11 is 0. The standard InChI is InChI=1S/C19H23FN4O2S/c20-17-4-2-1-3-15(17)13-27(25,26)24-10-7-18-16(12-24)11-22-19(23-18)14-5-8-21-9-6-14/h1-4,11,14,21H,5-10,12-13H2. The Bertz CT molecular complexity index is 929. The fourth-order valence-corrected chi connectivity index (χ4v) is 5.24. The lowest BCUT2D eigenvalue weighted by Crippen LogP contribution is -2.37. The Hall–Kier alpha value is -1.90. The molecular formula is C19H23FN4O2S. The van der Waals surface area contributed by atoms with Gasteiger partial charge in [-0.2, -0.15) is 4.31 Å². The average molecular weight is 390 g/mol. The maximum atomic E-state index is 13.8. The van der Waals surface area contributed by atoms with Gasteiger partial charge in [-0.15, -0.1) is 0 Å². The second kappa shape index (κ2) is 7.61. The Morgan fingerprint density at radius 3 is 2.78 bits per heavy atom. The minimum atomic E-state index is -3.60. The summed E-state index contributed by atoms with van der Waals surface area (Å²) in [7, 11) is -3.60. The molecule has 0 bridgehead atoms. The van der Waals surface area contributed by atoms with Crippen LogP contribution < -0.4 is 5.32 Å². The number of benzene rings is 1. The molecule has 2 aliphatic rings. The molecular weight excluding hydrogens is 367 g/mol. The van der Waals surface area contributed by atoms with Crippen molar-refractivity contribution in [3.63, 3.8) is 0 Å². The third-order valence-corrected chi connectivity index (χ3v) is 7.09. The minimum absolute atomic E-state index is 0.195. The number of aromatic nitrogens is 2. The van der Waals surface area contributed by atoms with Crippen molar-refractivity contribution in [1.82, 2.24) is 19.6 Å². The quantitative estimate of drug-likeness (QED) is 0.864. The third-order valence-electron chi connectivity index (χ3n) is 5.31. The summed E-state index contributed by atoms with van der Waals surface area (Å²) in [4.78, 5) is 9.24. The first-order valence-corrected chi connectivity index (χ1v) is 10.9. The summed E-state index contributed by atoms with van der Waals surface area (Å²) < 4.78 is 40.7. The first-order valence-electron chi connectivity index (χ1n) is 9.29. The van der Waals surface area contributed by atoms with Gasteiger partial charge >= 0.3 is 0 Å². The fourth-order valence-electron chi connectivity index (χ4n) is 3.72. The normalized spacial score (nSPS) is 19.0. The number of rotatable bonds is 4. The van der Waals surface area contributed by atoms with Gasteiger partial charge in [0.05, 0.1) is 5.75 Å². The zero-order chi connectivity index (χ0) is 18.9. The van der Waals surface area contributed by atoms with Crippen LogP contribution in [-0.4, -0.2) is 42.3 Å². The molecule has 144 valence electrons. The number of halogens is 1. The van der Waals surface area contributed by atoms with Crippen LogP contribution in [0.4, 0.5) is 4.39 Å². The van der Waals surface area contributed by atoms with Gasteiger partial charge in [-0.3, -0.25) is 0 Å². The predicted octanol–water partition coefficient (Wildman–Crippen LogP) is 1.97. The van der Waals surface area contributed by atoms with Crippen molar-refractivity contribution in [3.8, 4) is 0 Å². The van der Waals surface area contributed by atoms with Crippen LogP contribution >= 0.6 is 0 Å². The number of hydrogen-bond acceptors (Lipinski definition) is 5. The molecule has 27 heavy (non-hydrogen) atoms. The Balaban J connectivity index is 1.50. The summed E-state index contributed by atoms with van der Waals surface area (Å²) in [5, 5.41) is 3.34. The monoisotopic (exact) mass is 390 g/mol. The van der Waals surface area contributed by atoms with Crippen LogP contribution in [0.2, 0.25) is 0 Å². The molecule has 0 amide bonds. The Morgan fingerprint density at radius 1 is 1.22 bits per heavy atom. The molecule has 0 spiro atoms. The van der Waals surface area contributed by atoms with E-state index in [1.54, 1.807) is 18.3 Å². The number of fused-ring (bicyclic) bond motifs is 1. The van der Waals surface area contributed by atoms with Gasteiger partial charge in [0.15, 0.2) is 0 Å². The second-order valence-electron chi connectivity index (χ2n) is 7.16. The highest BCUT2D eigenvalue weighted by molar-refractivity contribution is 7.88. The van der Waals surface area contributed by atoms with E-state index in [0.29, 0.717) is 18.9 Å². The molecule has 0 atom stereocenters. The SMILES string of the molecule is O=S(=O)(Cc1ccccc1F)N1CCc2nc(C3CCNCC3)ncc2C1. The van der Waals surface area contributed by atoms with Crippen LogP contribution in [0.5, 0.6) is 0 Å². The van der Waals surface area contributed by atoms with Crippen molar-refractivity contribution < 1.29 is 12.8 Å². The lowest BCUT2D eigenvalue weighted by Gasteiger charge is -2.28. The Kier molecular flexibility index (Phi) is 5.21. The van der Waals surface area contributed by atoms with E-state index < -0.39 is 15.8 Å². The average Bonchev–Trinajstić information content (AvgIpc) is 2.69. The highest BCUT2D eigenvalue weighted by Gasteiger charge is 2.29. The van der Waals surface area contributed by atoms with E-state index >= 15 is 0 Å². The summed E-state index contributed by atoms with van der Waals surface area (Å²) in [5.74, 6) is 0.425. The van der Waals surface area contributed by atoms with Gasteiger partial charge in [0.1, 0.15) is 11.6 Å². The van der Waals surface area contributed by atoms with Crippen LogP contribution in [0.1, 0.15) is 41.4 Å². The van der Waals surface area contributed by atoms with E-state index in [0.717, 1.165) is 43.0 Å². The molecule has 8 heteroatoms. The third kappa shape index (κ3) is 4.02. The number of nitrogens with zero attached hydrogens (tertiary/aromatic N) is 3. The smallest absolute Gasteiger partial charge is 0.218 e. The molecule has 1 aromatic heterocycles. The molecule has 0 aliphatic carbocycles. The second-order valence-corrected chi connectivity index (χ2v) is 9.12. The minimum Gasteiger partial charge on any atom is -0.317 e. The highest BCUT2D eigenvalue weighted by atomic mass is 32.2. The predicted molar refractivity (Wildman–Crippen MR) is 100 cm³/mol. The lowest BCUT2D eigenvalue weighted by molar-refractivity contribution is 0.382. The molecule has 6 nitrogen and oxygen atoms in total. The van der Waals surface area contributed by atoms with E-state index in [4.69, 9.17) is 4.98 Å². The molecule has 1 N–H and O–H groups in total. The van der Waals surface area contributed by atoms with Gasteiger partial charge in [0.2, 0.25) is 10.0 Å². The van der Waals surface area contributed by atoms with Crippen LogP contribution in [0.3, 0.4) is 0 Å². The Labute approximate surface area is 158 Å². The van der Waals surface area contributed by atoms with Gasteiger partial charge in [0, 0.05) is 48.4 Å². The van der Waals surface area contributed by atoms with Crippen molar-refractivity contribution >= 4 is 10.0 Å². The molecule has 4 rings (SSSR count). The van der Waals surface area contributed by atoms with Crippen molar-refractivity contribution in [2.45, 2.75) is 37.5 Å². The van der Waals surface area contributed by atoms with Gasteiger partial charge in [-0.05, 0) is 32.0 Å². The van der Waals surface area contributed by atoms with Gasteiger partial charge in [-0.1, -0.05) is 18.2 Å². The molecule has 2 aromatic rings. The zero-order valence-electron chi connectivity index (χ0n) is 15.1. The number of piperidine rings is 1. The molecule has 0 radical (unpaired) electrons. The fraction of sp³-hybridized carbons (Fsp3) is 0.474. The number of nitrogens with one attached hydrogen (secondary N) is 1. The van der Waals surface area contributed by atoms with Crippen molar-refractivity contribution in [2.75, 3.05) is 19.6 Å². The summed E-state index contributed by atoms with van der Waals surface area (Å²) in [6.45, 7) is 2.57. The van der Waals surface area contributed by atoms with Crippen molar-refractivity contribution in [1.29, 1.82) is 0 Å². The largest absolute Gasteiger partial charge is 0.317 e. The van der Waals surface area contributed by atoms with Crippen LogP contribution in [0, 0.1) is 5.82 Å². The first kappa shape index (κ1) is 18.5. The molecule has 3 heterocycles. The van der Waals surface area contributed by atoms with Crippen LogP contribution in [-0.2, 0) is 28.7 Å². The number of sulfonamides is 1. The van der Waals surface area contributed by atoms with E-state index in [9.17, 15) is 12.8 Å². The molecule has 1 saturated heterocycles. The van der Waals surface area contributed by atoms with Crippen molar-refractivity contribution in [3.05, 3.63) is 58.9 Å². The van der Waals surface area contributed by atoms with Crippen LogP contribution in [0.15, 0.2) is 30.5 Å². The molecule has 1 aromatic carbocycles. The molecule has 2 aliphatic heterocycles. The van der Waals surface area contributed by atoms with Gasteiger partial charge in [0.25, 0.3) is 0 Å². The van der Waals surface area contributed by atoms with Crippen molar-refractivity contribution in [2.24, 2.45) is 0 Å². The highest BCUT2D eigenvalue weighted by Crippen LogP contribution is 2.26. The van der Waals surface area contributed by atoms with E-state index in [1.165, 1.54) is 16.4 Å². The lowest BCUT2D eigenvalue weighted by atomic mass is 9.96. The zero-order valence-corrected chi connectivity index (χ0v) is 15.9. The number of hydrogen-bond donors (Lipinski definition) is 1. The summed E-state index contributed by atoms with van der Waals surface area (Å²) in [6, 6.07) is 6.00. The Morgan fingerprint density at radius 2 is 2.00 bits per heavy atom. The topological polar surface area (TPSA) is 75.2 Å². The van der Waals surface area contributed by atoms with Crippen LogP contribution in [0.25, 0.3) is 0 Å². The molecule has 0 saturated carbocycles. The summed E-state index contributed by atoms with van der Waals surface area (Å²) in [6.07, 6.45) is 4.39. The van der Waals surface area contributed by atoms with E-state index in [1.807, 2.05) is 0 Å². The maximum Gasteiger partial charge on any atom is 0.218 e. The molecule has 0 unspecified atom stereocenters. The van der Waals surface area contributed by atoms with Gasteiger partial charge < -0.3 is 5.32 Å². The van der Waals surface area contributed by atoms with Gasteiger partial charge in [-0.25, -0.2) is 22.8 Å².